The van der Waals surface area contributed by atoms with Crippen LogP contribution in [-0.2, 0) is 16.6 Å². The van der Waals surface area contributed by atoms with Crippen LogP contribution in [0.3, 0.4) is 0 Å². The molecule has 2 N–H and O–H groups in total. The number of fused-ring (bicyclic) bond motifs is 1. The Morgan fingerprint density at radius 1 is 1.36 bits per heavy atom. The number of hydrogen-bond acceptors (Lipinski definition) is 6. The van der Waals surface area contributed by atoms with Gasteiger partial charge in [0.1, 0.15) is 16.4 Å². The number of hydrogen-bond donors (Lipinski definition) is 2. The molecule has 0 aliphatic carbocycles. The molecule has 2 aliphatic rings. The first-order valence-corrected chi connectivity index (χ1v) is 8.91. The van der Waals surface area contributed by atoms with Gasteiger partial charge in [-0.25, -0.2) is 0 Å². The molecule has 1 unspecified atom stereocenters. The second kappa shape index (κ2) is 6.05. The smallest absolute Gasteiger partial charge is 0.288 e. The highest BCUT2D eigenvalue weighted by Gasteiger charge is 2.45. The number of anilines is 1. The molecule has 0 spiro atoms. The molecule has 1 atom stereocenters. The molecule has 0 bridgehead atoms. The number of aromatic nitrogens is 2. The number of nitrogens with zero attached hydrogens (tertiary/aromatic N) is 2. The number of ketones is 1. The molecule has 0 saturated carbocycles. The summed E-state index contributed by atoms with van der Waals surface area (Å²) in [6.07, 6.45) is 0. The van der Waals surface area contributed by atoms with Crippen LogP contribution in [0.5, 0.6) is 0 Å². The van der Waals surface area contributed by atoms with Crippen molar-refractivity contribution >= 4 is 28.9 Å². The van der Waals surface area contributed by atoms with Gasteiger partial charge in [-0.15, -0.1) is 0 Å². The summed E-state index contributed by atoms with van der Waals surface area (Å²) in [6.45, 7) is 3.47. The summed E-state index contributed by atoms with van der Waals surface area (Å²) >= 11 is 5.95. The number of rotatable bonds is 2. The first-order valence-electron chi connectivity index (χ1n) is 8.53. The Hall–Kier alpha value is -2.91. The fourth-order valence-corrected chi connectivity index (χ4v) is 3.90. The number of H-pyrrole nitrogens is 1. The van der Waals surface area contributed by atoms with Crippen LogP contribution in [0.4, 0.5) is 11.5 Å². The molecule has 9 nitrogen and oxygen atoms in total. The highest BCUT2D eigenvalue weighted by molar-refractivity contribution is 6.32. The maximum atomic E-state index is 13.2. The van der Waals surface area contributed by atoms with Gasteiger partial charge in [-0.05, 0) is 25.5 Å². The lowest BCUT2D eigenvalue weighted by Gasteiger charge is -2.38. The first kappa shape index (κ1) is 18.5. The lowest BCUT2D eigenvalue weighted by Crippen LogP contribution is -2.45. The van der Waals surface area contributed by atoms with E-state index >= 15 is 0 Å². The molecule has 0 amide bonds. The normalized spacial score (nSPS) is 20.4. The number of nitro groups is 1. The lowest BCUT2D eigenvalue weighted by molar-refractivity contribution is -0.384. The van der Waals surface area contributed by atoms with E-state index in [1.54, 1.807) is 27.0 Å². The summed E-state index contributed by atoms with van der Waals surface area (Å²) < 4.78 is 7.19. The minimum atomic E-state index is -1.07. The van der Waals surface area contributed by atoms with Crippen molar-refractivity contribution in [3.05, 3.63) is 66.1 Å². The van der Waals surface area contributed by atoms with Gasteiger partial charge in [-0.1, -0.05) is 17.7 Å². The monoisotopic (exact) mass is 404 g/mol. The van der Waals surface area contributed by atoms with Crippen molar-refractivity contribution in [1.29, 1.82) is 0 Å². The topological polar surface area (TPSA) is 119 Å². The molecule has 3 heterocycles. The second-order valence-electron chi connectivity index (χ2n) is 7.31. The minimum Gasteiger partial charge on any atom is -0.361 e. The minimum absolute atomic E-state index is 0.0160. The number of nitrogens with one attached hydrogen (secondary N) is 2. The molecule has 0 fully saturated rings. The van der Waals surface area contributed by atoms with Crippen molar-refractivity contribution in [3.8, 4) is 0 Å². The van der Waals surface area contributed by atoms with E-state index in [1.807, 2.05) is 0 Å². The molecule has 1 aromatic heterocycles. The van der Waals surface area contributed by atoms with E-state index in [0.29, 0.717) is 28.2 Å². The largest absolute Gasteiger partial charge is 0.361 e. The Morgan fingerprint density at radius 2 is 2.07 bits per heavy atom. The van der Waals surface area contributed by atoms with Gasteiger partial charge in [0, 0.05) is 24.6 Å². The van der Waals surface area contributed by atoms with Gasteiger partial charge in [0.05, 0.1) is 22.8 Å². The Bertz CT molecular complexity index is 1130. The average Bonchev–Trinajstić information content (AvgIpc) is 2.91. The molecule has 146 valence electrons. The Balaban J connectivity index is 2.01. The number of halogens is 1. The third kappa shape index (κ3) is 2.58. The van der Waals surface area contributed by atoms with Crippen LogP contribution in [0, 0.1) is 10.1 Å². The third-order valence-corrected chi connectivity index (χ3v) is 5.46. The number of nitro benzene ring substituents is 1. The van der Waals surface area contributed by atoms with Gasteiger partial charge in [0.15, 0.2) is 5.78 Å². The lowest BCUT2D eigenvalue weighted by atomic mass is 9.76. The molecule has 1 aromatic carbocycles. The first-order chi connectivity index (χ1) is 13.1. The molecule has 2 aromatic rings. The number of aromatic amines is 1. The third-order valence-electron chi connectivity index (χ3n) is 5.15. The van der Waals surface area contributed by atoms with Crippen molar-refractivity contribution in [2.24, 2.45) is 7.05 Å². The van der Waals surface area contributed by atoms with Crippen LogP contribution < -0.4 is 10.9 Å². The van der Waals surface area contributed by atoms with E-state index in [4.69, 9.17) is 16.3 Å². The molecular formula is C18H17ClN4O5. The van der Waals surface area contributed by atoms with E-state index < -0.39 is 16.4 Å². The number of ether oxygens (including phenoxy) is 1. The van der Waals surface area contributed by atoms with Gasteiger partial charge >= 0.3 is 0 Å². The van der Waals surface area contributed by atoms with E-state index in [0.717, 1.165) is 0 Å². The Morgan fingerprint density at radius 3 is 2.75 bits per heavy atom. The van der Waals surface area contributed by atoms with Crippen LogP contribution in [-0.4, -0.2) is 32.7 Å². The fourth-order valence-electron chi connectivity index (χ4n) is 3.71. The summed E-state index contributed by atoms with van der Waals surface area (Å²) in [7, 11) is 1.66. The standard InChI is InChI=1S/C18H17ClN4O5/c1-18(2)15(24)13-10(7-28-18)20-16-14(17(25)21-22(16)3)12(13)8-4-5-9(19)11(6-8)23(26)27/h4-6,12,20H,7H2,1-3H3,(H,21,25). The van der Waals surface area contributed by atoms with Gasteiger partial charge in [0.2, 0.25) is 0 Å². The summed E-state index contributed by atoms with van der Waals surface area (Å²) in [6, 6.07) is 4.32. The number of benzene rings is 1. The highest BCUT2D eigenvalue weighted by Crippen LogP contribution is 2.45. The zero-order chi connectivity index (χ0) is 20.4. The van der Waals surface area contributed by atoms with Crippen LogP contribution >= 0.6 is 11.6 Å². The summed E-state index contributed by atoms with van der Waals surface area (Å²) in [4.78, 5) is 36.6. The van der Waals surface area contributed by atoms with Crippen LogP contribution in [0.1, 0.15) is 30.9 Å². The van der Waals surface area contributed by atoms with Crippen molar-refractivity contribution in [3.63, 3.8) is 0 Å². The van der Waals surface area contributed by atoms with Gasteiger partial charge in [-0.3, -0.25) is 29.5 Å². The van der Waals surface area contributed by atoms with Crippen molar-refractivity contribution in [1.82, 2.24) is 9.78 Å². The van der Waals surface area contributed by atoms with Crippen LogP contribution in [0.25, 0.3) is 0 Å². The van der Waals surface area contributed by atoms with Gasteiger partial charge < -0.3 is 10.1 Å². The fraction of sp³-hybridized carbons (Fsp3) is 0.333. The zero-order valence-electron chi connectivity index (χ0n) is 15.3. The number of carbonyl (C=O) groups excluding carboxylic acids is 1. The van der Waals surface area contributed by atoms with Crippen molar-refractivity contribution in [2.75, 3.05) is 11.9 Å². The predicted molar refractivity (Wildman–Crippen MR) is 102 cm³/mol. The molecule has 0 radical (unpaired) electrons. The van der Waals surface area contributed by atoms with E-state index in [9.17, 15) is 19.7 Å². The molecule has 2 aliphatic heterocycles. The molecule has 28 heavy (non-hydrogen) atoms. The number of carbonyl (C=O) groups is 1. The van der Waals surface area contributed by atoms with Gasteiger partial charge in [0.25, 0.3) is 11.2 Å². The van der Waals surface area contributed by atoms with E-state index in [1.165, 1.54) is 16.8 Å². The second-order valence-corrected chi connectivity index (χ2v) is 7.72. The van der Waals surface area contributed by atoms with E-state index in [2.05, 4.69) is 10.4 Å². The van der Waals surface area contributed by atoms with Gasteiger partial charge in [-0.2, -0.15) is 0 Å². The molecular weight excluding hydrogens is 388 g/mol. The summed E-state index contributed by atoms with van der Waals surface area (Å²) in [5.74, 6) is -0.567. The number of Topliss-reactive ketones (excluding diaryl/α,β-unsaturated/α-hetero) is 1. The maximum absolute atomic E-state index is 13.2. The van der Waals surface area contributed by atoms with Crippen LogP contribution in [0.15, 0.2) is 34.3 Å². The van der Waals surface area contributed by atoms with Crippen LogP contribution in [0.2, 0.25) is 5.02 Å². The SMILES string of the molecule is Cn1[nH]c(=O)c2c1NC1=C(C(=O)C(C)(C)OC1)C2c1ccc(Cl)c([N+](=O)[O-])c1. The summed E-state index contributed by atoms with van der Waals surface area (Å²) in [5, 5.41) is 17.1. The Labute approximate surface area is 164 Å². The predicted octanol–water partition coefficient (Wildman–Crippen LogP) is 2.46. The average molecular weight is 405 g/mol. The molecule has 10 heteroatoms. The van der Waals surface area contributed by atoms with E-state index in [-0.39, 0.29) is 28.7 Å². The highest BCUT2D eigenvalue weighted by atomic mass is 35.5. The van der Waals surface area contributed by atoms with Crippen molar-refractivity contribution in [2.45, 2.75) is 25.4 Å². The molecule has 4 rings (SSSR count). The number of aryl methyl sites for hydroxylation is 1. The Kier molecular flexibility index (Phi) is 3.98. The summed E-state index contributed by atoms with van der Waals surface area (Å²) in [5.41, 5.74) is -0.0659. The quantitative estimate of drug-likeness (QED) is 0.586. The maximum Gasteiger partial charge on any atom is 0.288 e. The zero-order valence-corrected chi connectivity index (χ0v) is 16.1. The molecule has 0 saturated heterocycles. The van der Waals surface area contributed by atoms with Crippen molar-refractivity contribution < 1.29 is 14.5 Å².